The lowest BCUT2D eigenvalue weighted by Crippen LogP contribution is -2.29. The lowest BCUT2D eigenvalue weighted by Gasteiger charge is -2.21. The number of esters is 2. The van der Waals surface area contributed by atoms with Gasteiger partial charge in [0.15, 0.2) is 0 Å². The highest BCUT2D eigenvalue weighted by Gasteiger charge is 2.18. The zero-order chi connectivity index (χ0) is 27.4. The molecule has 37 heavy (non-hydrogen) atoms. The van der Waals surface area contributed by atoms with E-state index in [0.29, 0.717) is 26.2 Å². The maximum absolute atomic E-state index is 12.5. The molecule has 1 unspecified atom stereocenters. The summed E-state index contributed by atoms with van der Waals surface area (Å²) in [6, 6.07) is 0. The van der Waals surface area contributed by atoms with E-state index in [4.69, 9.17) is 9.47 Å². The molecule has 0 aromatic rings. The van der Waals surface area contributed by atoms with E-state index in [0.717, 1.165) is 77.3 Å². The fraction of sp³-hybridized carbons (Fsp3) is 0.935. The summed E-state index contributed by atoms with van der Waals surface area (Å²) in [5.41, 5.74) is 0. The van der Waals surface area contributed by atoms with Crippen LogP contribution in [0.15, 0.2) is 0 Å². The van der Waals surface area contributed by atoms with Gasteiger partial charge in [-0.05, 0) is 58.0 Å². The Hall–Kier alpha value is -1.14. The van der Waals surface area contributed by atoms with Crippen LogP contribution in [0.1, 0.15) is 143 Å². The van der Waals surface area contributed by atoms with Crippen LogP contribution in [-0.4, -0.2) is 61.4 Å². The van der Waals surface area contributed by atoms with Crippen LogP contribution < -0.4 is 0 Å². The summed E-state index contributed by atoms with van der Waals surface area (Å²) in [6.07, 6.45) is 20.2. The van der Waals surface area contributed by atoms with Crippen molar-refractivity contribution in [2.24, 2.45) is 5.92 Å². The second-order valence-corrected chi connectivity index (χ2v) is 10.6. The lowest BCUT2D eigenvalue weighted by molar-refractivity contribution is -0.149. The molecule has 0 rings (SSSR count). The lowest BCUT2D eigenvalue weighted by atomic mass is 9.96. The maximum Gasteiger partial charge on any atom is 0.308 e. The molecule has 0 aromatic heterocycles. The maximum atomic E-state index is 12.5. The minimum absolute atomic E-state index is 0.0212. The Bertz CT molecular complexity index is 514. The van der Waals surface area contributed by atoms with Crippen molar-refractivity contribution in [3.63, 3.8) is 0 Å². The predicted molar refractivity (Wildman–Crippen MR) is 154 cm³/mol. The third kappa shape index (κ3) is 23.7. The summed E-state index contributed by atoms with van der Waals surface area (Å²) >= 11 is 0. The van der Waals surface area contributed by atoms with Crippen molar-refractivity contribution >= 4 is 11.9 Å². The third-order valence-corrected chi connectivity index (χ3v) is 7.02. The Balaban J connectivity index is 3.87. The van der Waals surface area contributed by atoms with Crippen LogP contribution in [0, 0.1) is 5.92 Å². The SMILES string of the molecule is CCCCCCCCCC(=O)OCCCCN(CCO)CCCCOC(=O)C(CCC)CCCCCC. The molecule has 0 heterocycles. The average molecular weight is 528 g/mol. The summed E-state index contributed by atoms with van der Waals surface area (Å²) in [6.45, 7) is 10.1. The number of carbonyl (C=O) groups is 2. The predicted octanol–water partition coefficient (Wildman–Crippen LogP) is 7.45. The molecule has 0 aliphatic rings. The molecule has 0 saturated carbocycles. The van der Waals surface area contributed by atoms with E-state index in [9.17, 15) is 14.7 Å². The Labute approximate surface area is 229 Å². The Kier molecular flexibility index (Phi) is 27.0. The molecule has 0 bridgehead atoms. The number of rotatable bonds is 28. The molecule has 6 nitrogen and oxygen atoms in total. The molecule has 0 fully saturated rings. The summed E-state index contributed by atoms with van der Waals surface area (Å²) in [7, 11) is 0. The van der Waals surface area contributed by atoms with E-state index in [2.05, 4.69) is 25.7 Å². The summed E-state index contributed by atoms with van der Waals surface area (Å²) in [4.78, 5) is 26.6. The summed E-state index contributed by atoms with van der Waals surface area (Å²) < 4.78 is 11.0. The van der Waals surface area contributed by atoms with Crippen molar-refractivity contribution in [1.82, 2.24) is 4.90 Å². The normalized spacial score (nSPS) is 12.1. The van der Waals surface area contributed by atoms with Crippen molar-refractivity contribution in [2.75, 3.05) is 39.5 Å². The zero-order valence-corrected chi connectivity index (χ0v) is 24.8. The van der Waals surface area contributed by atoms with E-state index in [-0.39, 0.29) is 24.5 Å². The Morgan fingerprint density at radius 3 is 1.78 bits per heavy atom. The van der Waals surface area contributed by atoms with Gasteiger partial charge in [-0.25, -0.2) is 0 Å². The van der Waals surface area contributed by atoms with Gasteiger partial charge in [-0.15, -0.1) is 0 Å². The Morgan fingerprint density at radius 2 is 1.19 bits per heavy atom. The summed E-state index contributed by atoms with van der Waals surface area (Å²) in [5.74, 6) is -0.0399. The first-order valence-electron chi connectivity index (χ1n) is 15.7. The molecule has 0 spiro atoms. The highest BCUT2D eigenvalue weighted by molar-refractivity contribution is 5.72. The quantitative estimate of drug-likeness (QED) is 0.0841. The van der Waals surface area contributed by atoms with Crippen LogP contribution in [0.25, 0.3) is 0 Å². The fourth-order valence-corrected chi connectivity index (χ4v) is 4.67. The second kappa shape index (κ2) is 27.9. The fourth-order valence-electron chi connectivity index (χ4n) is 4.67. The molecule has 6 heteroatoms. The minimum Gasteiger partial charge on any atom is -0.466 e. The van der Waals surface area contributed by atoms with Crippen LogP contribution in [0.4, 0.5) is 0 Å². The first-order valence-corrected chi connectivity index (χ1v) is 15.7. The molecule has 0 saturated heterocycles. The van der Waals surface area contributed by atoms with Crippen molar-refractivity contribution in [1.29, 1.82) is 0 Å². The van der Waals surface area contributed by atoms with Gasteiger partial charge >= 0.3 is 11.9 Å². The van der Waals surface area contributed by atoms with E-state index >= 15 is 0 Å². The minimum atomic E-state index is -0.0718. The van der Waals surface area contributed by atoms with Gasteiger partial charge in [0.05, 0.1) is 25.7 Å². The average Bonchev–Trinajstić information content (AvgIpc) is 2.89. The van der Waals surface area contributed by atoms with Gasteiger partial charge in [-0.3, -0.25) is 9.59 Å². The number of unbranched alkanes of at least 4 members (excludes halogenated alkanes) is 11. The number of aliphatic hydroxyl groups excluding tert-OH is 1. The molecule has 0 amide bonds. The topological polar surface area (TPSA) is 76.1 Å². The van der Waals surface area contributed by atoms with Gasteiger partial charge in [-0.2, -0.15) is 0 Å². The smallest absolute Gasteiger partial charge is 0.308 e. The number of carbonyl (C=O) groups excluding carboxylic acids is 2. The second-order valence-electron chi connectivity index (χ2n) is 10.6. The number of aliphatic hydroxyl groups is 1. The first-order chi connectivity index (χ1) is 18.1. The number of hydrogen-bond donors (Lipinski definition) is 1. The molecule has 0 aliphatic heterocycles. The van der Waals surface area contributed by atoms with E-state index in [1.807, 2.05) is 0 Å². The molecule has 1 N–H and O–H groups in total. The molecule has 0 aliphatic carbocycles. The van der Waals surface area contributed by atoms with Crippen molar-refractivity contribution in [2.45, 2.75) is 143 Å². The van der Waals surface area contributed by atoms with E-state index in [1.54, 1.807) is 0 Å². The standard InChI is InChI=1S/C31H61NO5/c1-4-7-9-11-12-13-15-22-30(34)36-27-18-16-23-32(25-26-33)24-17-19-28-37-31(35)29(20-6-3)21-14-10-8-5-2/h29,33H,4-28H2,1-3H3. The number of hydrogen-bond acceptors (Lipinski definition) is 6. The first kappa shape index (κ1) is 35.9. The Morgan fingerprint density at radius 1 is 0.622 bits per heavy atom. The highest BCUT2D eigenvalue weighted by atomic mass is 16.5. The van der Waals surface area contributed by atoms with Crippen molar-refractivity contribution < 1.29 is 24.2 Å². The molecule has 220 valence electrons. The van der Waals surface area contributed by atoms with E-state index < -0.39 is 0 Å². The molecular weight excluding hydrogens is 466 g/mol. The van der Waals surface area contributed by atoms with Gasteiger partial charge in [0.1, 0.15) is 0 Å². The van der Waals surface area contributed by atoms with Gasteiger partial charge in [0.2, 0.25) is 0 Å². The molecular formula is C31H61NO5. The van der Waals surface area contributed by atoms with Gasteiger partial charge < -0.3 is 19.5 Å². The van der Waals surface area contributed by atoms with Crippen LogP contribution in [-0.2, 0) is 19.1 Å². The number of nitrogens with zero attached hydrogens (tertiary/aromatic N) is 1. The number of ether oxygens (including phenoxy) is 2. The van der Waals surface area contributed by atoms with Gasteiger partial charge in [0, 0.05) is 13.0 Å². The van der Waals surface area contributed by atoms with E-state index in [1.165, 1.54) is 51.4 Å². The molecule has 1 atom stereocenters. The molecule has 0 radical (unpaired) electrons. The molecule has 0 aromatic carbocycles. The highest BCUT2D eigenvalue weighted by Crippen LogP contribution is 2.18. The van der Waals surface area contributed by atoms with Gasteiger partial charge in [0.25, 0.3) is 0 Å². The summed E-state index contributed by atoms with van der Waals surface area (Å²) in [5, 5.41) is 9.39. The van der Waals surface area contributed by atoms with Crippen molar-refractivity contribution in [3.8, 4) is 0 Å². The van der Waals surface area contributed by atoms with Crippen LogP contribution in [0.2, 0.25) is 0 Å². The monoisotopic (exact) mass is 527 g/mol. The van der Waals surface area contributed by atoms with Crippen LogP contribution >= 0.6 is 0 Å². The van der Waals surface area contributed by atoms with Crippen LogP contribution in [0.3, 0.4) is 0 Å². The van der Waals surface area contributed by atoms with Gasteiger partial charge in [-0.1, -0.05) is 91.4 Å². The van der Waals surface area contributed by atoms with Crippen molar-refractivity contribution in [3.05, 3.63) is 0 Å². The largest absolute Gasteiger partial charge is 0.466 e. The third-order valence-electron chi connectivity index (χ3n) is 7.02. The zero-order valence-electron chi connectivity index (χ0n) is 24.8. The van der Waals surface area contributed by atoms with Crippen LogP contribution in [0.5, 0.6) is 0 Å².